The van der Waals surface area contributed by atoms with Crippen molar-refractivity contribution < 1.29 is 18.8 Å². The molecule has 6 nitrogen and oxygen atoms in total. The predicted molar refractivity (Wildman–Crippen MR) is 80.4 cm³/mol. The Hall–Kier alpha value is -2.35. The van der Waals surface area contributed by atoms with Gasteiger partial charge in [-0.05, 0) is 46.0 Å². The molecule has 2 rings (SSSR count). The quantitative estimate of drug-likeness (QED) is 0.377. The average Bonchev–Trinajstić information content (AvgIpc) is 2.54. The molecule has 22 heavy (non-hydrogen) atoms. The maximum atomic E-state index is 11.5. The summed E-state index contributed by atoms with van der Waals surface area (Å²) in [4.78, 5) is 14.8. The molecule has 0 aliphatic carbocycles. The molecular weight excluding hydrogens is 304 g/mol. The maximum absolute atomic E-state index is 11.5. The van der Waals surface area contributed by atoms with Crippen molar-refractivity contribution in [1.29, 1.82) is 0 Å². The number of benzene rings is 1. The van der Waals surface area contributed by atoms with E-state index in [0.29, 0.717) is 16.7 Å². The van der Waals surface area contributed by atoms with Gasteiger partial charge < -0.3 is 4.55 Å². The number of nitrogens with zero attached hydrogens (tertiary/aromatic N) is 1. The first-order valence-electron chi connectivity index (χ1n) is 6.32. The summed E-state index contributed by atoms with van der Waals surface area (Å²) in [5.41, 5.74) is 3.44. The molecule has 7 heteroatoms. The Morgan fingerprint density at radius 3 is 2.32 bits per heavy atom. The van der Waals surface area contributed by atoms with Gasteiger partial charge >= 0.3 is 0 Å². The summed E-state index contributed by atoms with van der Waals surface area (Å²) < 4.78 is 23.0. The molecule has 0 spiro atoms. The lowest BCUT2D eigenvalue weighted by Gasteiger charge is -2.20. The van der Waals surface area contributed by atoms with Gasteiger partial charge in [-0.25, -0.2) is 5.48 Å². The van der Waals surface area contributed by atoms with E-state index in [0.717, 1.165) is 0 Å². The first-order valence-corrected chi connectivity index (χ1v) is 7.45. The molecule has 0 aliphatic rings. The van der Waals surface area contributed by atoms with Crippen molar-refractivity contribution >= 4 is 23.1 Å². The molecule has 0 saturated heterocycles. The van der Waals surface area contributed by atoms with Crippen molar-refractivity contribution in [3.05, 3.63) is 71.6 Å². The zero-order valence-corrected chi connectivity index (χ0v) is 12.2. The third kappa shape index (κ3) is 4.08. The van der Waals surface area contributed by atoms with Gasteiger partial charge in [-0.15, -0.1) is 0 Å². The van der Waals surface area contributed by atoms with Crippen molar-refractivity contribution in [3.63, 3.8) is 0 Å². The smallest absolute Gasteiger partial charge is 0.267 e. The molecule has 2 unspecified atom stereocenters. The molecule has 2 atom stereocenters. The van der Waals surface area contributed by atoms with Crippen molar-refractivity contribution in [1.82, 2.24) is 10.5 Å². The first kappa shape index (κ1) is 16.0. The molecule has 2 N–H and O–H groups in total. The van der Waals surface area contributed by atoms with Crippen LogP contribution in [0, 0.1) is 0 Å². The van der Waals surface area contributed by atoms with Gasteiger partial charge in [0.2, 0.25) is 0 Å². The molecule has 0 aliphatic heterocycles. The van der Waals surface area contributed by atoms with Crippen LogP contribution in [0.15, 0.2) is 54.9 Å². The van der Waals surface area contributed by atoms with E-state index in [1.165, 1.54) is 17.6 Å². The lowest BCUT2D eigenvalue weighted by Crippen LogP contribution is -2.14. The number of nitrogens with one attached hydrogen (secondary N) is 1. The fourth-order valence-corrected chi connectivity index (χ4v) is 2.70. The van der Waals surface area contributed by atoms with Gasteiger partial charge in [0.15, 0.2) is 0 Å². The van der Waals surface area contributed by atoms with Crippen LogP contribution >= 0.6 is 0 Å². The van der Waals surface area contributed by atoms with Gasteiger partial charge in [0.1, 0.15) is 0 Å². The topological polar surface area (TPSA) is 102 Å². The Kier molecular flexibility index (Phi) is 5.54. The van der Waals surface area contributed by atoms with Gasteiger partial charge in [0, 0.05) is 18.5 Å². The summed E-state index contributed by atoms with van der Waals surface area (Å²) in [6.07, 6.45) is 5.76. The molecule has 0 radical (unpaired) electrons. The molecule has 1 aromatic carbocycles. The van der Waals surface area contributed by atoms with Crippen molar-refractivity contribution in [2.75, 3.05) is 0 Å². The highest BCUT2D eigenvalue weighted by molar-refractivity contribution is 7.79. The zero-order chi connectivity index (χ0) is 15.9. The van der Waals surface area contributed by atoms with E-state index < -0.39 is 22.2 Å². The fraction of sp³-hybridized carbons (Fsp3) is 0.0667. The van der Waals surface area contributed by atoms with E-state index in [9.17, 15) is 13.6 Å². The van der Waals surface area contributed by atoms with Gasteiger partial charge in [0.05, 0.1) is 5.25 Å². The van der Waals surface area contributed by atoms with Crippen LogP contribution in [0.25, 0.3) is 6.08 Å². The highest BCUT2D eigenvalue weighted by Crippen LogP contribution is 2.27. The maximum Gasteiger partial charge on any atom is 0.267 e. The Morgan fingerprint density at radius 1 is 1.18 bits per heavy atom. The summed E-state index contributed by atoms with van der Waals surface area (Å²) >= 11 is -2.32. The van der Waals surface area contributed by atoms with Gasteiger partial charge in [-0.3, -0.25) is 19.2 Å². The molecule has 1 amide bonds. The summed E-state index contributed by atoms with van der Waals surface area (Å²) in [6, 6.07) is 10.0. The molecule has 0 bridgehead atoms. The monoisotopic (exact) mass is 317 g/mol. The van der Waals surface area contributed by atoms with Crippen LogP contribution in [-0.4, -0.2) is 24.9 Å². The first-order chi connectivity index (χ1) is 10.6. The standard InChI is InChI=1S/C15H14N2O4S/c18-14(17-19)6-3-11-1-4-12(5-2-11)15(22(20)21)13-7-9-16-10-8-13/h1-10,15,19H,(H,17,18)(H,20,21)/p-1. The molecule has 1 aromatic heterocycles. The van der Waals surface area contributed by atoms with E-state index in [-0.39, 0.29) is 0 Å². The van der Waals surface area contributed by atoms with Crippen LogP contribution in [0.4, 0.5) is 0 Å². The summed E-state index contributed by atoms with van der Waals surface area (Å²) in [6.45, 7) is 0. The Labute approximate surface area is 129 Å². The minimum absolute atomic E-state index is 0.614. The minimum atomic E-state index is -2.32. The highest BCUT2D eigenvalue weighted by atomic mass is 32.2. The summed E-state index contributed by atoms with van der Waals surface area (Å²) in [5, 5.41) is 7.62. The Bertz CT molecular complexity index is 686. The second kappa shape index (κ2) is 7.60. The van der Waals surface area contributed by atoms with Gasteiger partial charge in [-0.1, -0.05) is 24.3 Å². The number of rotatable bonds is 5. The van der Waals surface area contributed by atoms with Crippen molar-refractivity contribution in [2.24, 2.45) is 0 Å². The number of carbonyl (C=O) groups excluding carboxylic acids is 1. The predicted octanol–water partition coefficient (Wildman–Crippen LogP) is 1.57. The van der Waals surface area contributed by atoms with E-state index in [1.54, 1.807) is 48.8 Å². The lowest BCUT2D eigenvalue weighted by molar-refractivity contribution is -0.124. The molecule has 2 aromatic rings. The second-order valence-electron chi connectivity index (χ2n) is 4.40. The van der Waals surface area contributed by atoms with Crippen LogP contribution < -0.4 is 5.48 Å². The van der Waals surface area contributed by atoms with E-state index in [1.807, 2.05) is 0 Å². The van der Waals surface area contributed by atoms with Gasteiger partial charge in [-0.2, -0.15) is 0 Å². The van der Waals surface area contributed by atoms with Crippen molar-refractivity contribution in [2.45, 2.75) is 5.25 Å². The Balaban J connectivity index is 2.26. The number of pyridine rings is 1. The third-order valence-electron chi connectivity index (χ3n) is 2.98. The highest BCUT2D eigenvalue weighted by Gasteiger charge is 2.14. The number of hydrogen-bond acceptors (Lipinski definition) is 5. The second-order valence-corrected chi connectivity index (χ2v) is 5.39. The SMILES string of the molecule is O=C(C=Cc1ccc(C(c2ccncc2)S(=O)[O-])cc1)NO. The number of aromatic nitrogens is 1. The molecular formula is C15H13N2O4S-. The summed E-state index contributed by atoms with van der Waals surface area (Å²) in [7, 11) is 0. The molecule has 0 saturated carbocycles. The largest absolute Gasteiger partial charge is 0.772 e. The van der Waals surface area contributed by atoms with Crippen molar-refractivity contribution in [3.8, 4) is 0 Å². The molecule has 1 heterocycles. The van der Waals surface area contributed by atoms with Crippen LogP contribution in [-0.2, 0) is 15.9 Å². The number of amides is 1. The Morgan fingerprint density at radius 2 is 1.77 bits per heavy atom. The van der Waals surface area contributed by atoms with Gasteiger partial charge in [0.25, 0.3) is 5.91 Å². The van der Waals surface area contributed by atoms with E-state index in [2.05, 4.69) is 4.98 Å². The normalized spacial score (nSPS) is 13.7. The van der Waals surface area contributed by atoms with E-state index >= 15 is 0 Å². The number of hydrogen-bond donors (Lipinski definition) is 2. The third-order valence-corrected chi connectivity index (χ3v) is 3.91. The van der Waals surface area contributed by atoms with Crippen LogP contribution in [0.2, 0.25) is 0 Å². The molecule has 114 valence electrons. The average molecular weight is 317 g/mol. The zero-order valence-electron chi connectivity index (χ0n) is 11.4. The van der Waals surface area contributed by atoms with Crippen LogP contribution in [0.1, 0.15) is 21.9 Å². The number of carbonyl (C=O) groups is 1. The van der Waals surface area contributed by atoms with Crippen LogP contribution in [0.3, 0.4) is 0 Å². The number of hydroxylamine groups is 1. The molecule has 0 fully saturated rings. The van der Waals surface area contributed by atoms with Crippen LogP contribution in [0.5, 0.6) is 0 Å². The van der Waals surface area contributed by atoms with E-state index in [4.69, 9.17) is 5.21 Å². The lowest BCUT2D eigenvalue weighted by atomic mass is 10.0. The minimum Gasteiger partial charge on any atom is -0.772 e. The summed E-state index contributed by atoms with van der Waals surface area (Å²) in [5.74, 6) is -0.639. The fourth-order valence-electron chi connectivity index (χ4n) is 1.94.